The van der Waals surface area contributed by atoms with Crippen LogP contribution in [0.5, 0.6) is 0 Å². The first kappa shape index (κ1) is 13.5. The van der Waals surface area contributed by atoms with E-state index < -0.39 is 0 Å². The molecule has 0 saturated carbocycles. The Labute approximate surface area is 109 Å². The van der Waals surface area contributed by atoms with Gasteiger partial charge in [0.15, 0.2) is 5.65 Å². The number of rotatable bonds is 4. The summed E-state index contributed by atoms with van der Waals surface area (Å²) in [6, 6.07) is 0. The molecule has 0 aromatic carbocycles. The maximum atomic E-state index is 12.1. The first-order valence-electron chi connectivity index (χ1n) is 6.23. The quantitative estimate of drug-likeness (QED) is 0.812. The van der Waals surface area contributed by atoms with Gasteiger partial charge in [-0.3, -0.25) is 18.6 Å². The Kier molecular flexibility index (Phi) is 3.57. The Bertz CT molecular complexity index is 708. The van der Waals surface area contributed by atoms with Gasteiger partial charge in [-0.25, -0.2) is 4.79 Å². The van der Waals surface area contributed by atoms with Gasteiger partial charge in [0.1, 0.15) is 5.39 Å². The highest BCUT2D eigenvalue weighted by Crippen LogP contribution is 2.07. The molecule has 19 heavy (non-hydrogen) atoms. The van der Waals surface area contributed by atoms with Gasteiger partial charge in [0, 0.05) is 19.8 Å². The Morgan fingerprint density at radius 2 is 2.05 bits per heavy atom. The minimum atomic E-state index is -0.361. The lowest BCUT2D eigenvalue weighted by Crippen LogP contribution is -2.38. The van der Waals surface area contributed by atoms with E-state index in [-0.39, 0.29) is 23.8 Å². The van der Waals surface area contributed by atoms with Crippen molar-refractivity contribution in [2.45, 2.75) is 26.9 Å². The SMILES string of the molecule is CC(C)Cn1c(=O)n(C)c(=O)c2cn(CCO)nc21. The summed E-state index contributed by atoms with van der Waals surface area (Å²) in [6.07, 6.45) is 1.57. The highest BCUT2D eigenvalue weighted by Gasteiger charge is 2.15. The maximum Gasteiger partial charge on any atom is 0.332 e. The molecule has 0 radical (unpaired) electrons. The molecule has 7 heteroatoms. The van der Waals surface area contributed by atoms with Crippen molar-refractivity contribution in [1.82, 2.24) is 18.9 Å². The van der Waals surface area contributed by atoms with Gasteiger partial charge >= 0.3 is 5.69 Å². The summed E-state index contributed by atoms with van der Waals surface area (Å²) in [5.74, 6) is 0.265. The average Bonchev–Trinajstić information content (AvgIpc) is 2.76. The van der Waals surface area contributed by atoms with E-state index in [0.29, 0.717) is 24.1 Å². The molecule has 2 heterocycles. The van der Waals surface area contributed by atoms with Crippen molar-refractivity contribution in [2.75, 3.05) is 6.61 Å². The smallest absolute Gasteiger partial charge is 0.332 e. The first-order valence-corrected chi connectivity index (χ1v) is 6.23. The van der Waals surface area contributed by atoms with Crippen molar-refractivity contribution in [3.63, 3.8) is 0 Å². The van der Waals surface area contributed by atoms with E-state index in [1.165, 1.54) is 16.3 Å². The van der Waals surface area contributed by atoms with Crippen LogP contribution in [0.2, 0.25) is 0 Å². The summed E-state index contributed by atoms with van der Waals surface area (Å²) < 4.78 is 4.09. The summed E-state index contributed by atoms with van der Waals surface area (Å²) in [7, 11) is 1.46. The number of aliphatic hydroxyl groups is 1. The molecule has 0 aliphatic rings. The van der Waals surface area contributed by atoms with E-state index in [2.05, 4.69) is 5.10 Å². The van der Waals surface area contributed by atoms with Crippen LogP contribution in [0.3, 0.4) is 0 Å². The predicted octanol–water partition coefficient (Wildman–Crippen LogP) is -0.455. The molecule has 0 aliphatic heterocycles. The van der Waals surface area contributed by atoms with E-state index in [0.717, 1.165) is 4.57 Å². The largest absolute Gasteiger partial charge is 0.394 e. The minimum Gasteiger partial charge on any atom is -0.394 e. The highest BCUT2D eigenvalue weighted by atomic mass is 16.3. The molecule has 7 nitrogen and oxygen atoms in total. The van der Waals surface area contributed by atoms with Crippen molar-refractivity contribution in [2.24, 2.45) is 13.0 Å². The maximum absolute atomic E-state index is 12.1. The van der Waals surface area contributed by atoms with Crippen molar-refractivity contribution >= 4 is 11.0 Å². The Morgan fingerprint density at radius 3 is 2.63 bits per heavy atom. The Balaban J connectivity index is 2.77. The van der Waals surface area contributed by atoms with Crippen molar-refractivity contribution < 1.29 is 5.11 Å². The van der Waals surface area contributed by atoms with Crippen LogP contribution in [0.4, 0.5) is 0 Å². The Hall–Kier alpha value is -1.89. The third-order valence-electron chi connectivity index (χ3n) is 2.93. The molecule has 2 aromatic rings. The van der Waals surface area contributed by atoms with Gasteiger partial charge in [0.25, 0.3) is 5.56 Å². The standard InChI is InChI=1S/C12H18N4O3/c1-8(2)6-16-10-9(7-15(13-10)4-5-17)11(18)14(3)12(16)19/h7-8,17H,4-6H2,1-3H3. The molecule has 0 unspecified atom stereocenters. The minimum absolute atomic E-state index is 0.0667. The van der Waals surface area contributed by atoms with E-state index in [4.69, 9.17) is 5.11 Å². The fraction of sp³-hybridized carbons (Fsp3) is 0.583. The summed E-state index contributed by atoms with van der Waals surface area (Å²) in [4.78, 5) is 24.2. The molecule has 104 valence electrons. The normalized spacial score (nSPS) is 11.6. The third-order valence-corrected chi connectivity index (χ3v) is 2.93. The molecule has 0 spiro atoms. The number of aliphatic hydroxyl groups excluding tert-OH is 1. The zero-order chi connectivity index (χ0) is 14.2. The van der Waals surface area contributed by atoms with Crippen molar-refractivity contribution in [1.29, 1.82) is 0 Å². The van der Waals surface area contributed by atoms with Crippen LogP contribution in [0.15, 0.2) is 15.8 Å². The van der Waals surface area contributed by atoms with Gasteiger partial charge < -0.3 is 5.11 Å². The van der Waals surface area contributed by atoms with Gasteiger partial charge in [0.05, 0.1) is 13.2 Å². The molecular weight excluding hydrogens is 248 g/mol. The molecular formula is C12H18N4O3. The topological polar surface area (TPSA) is 82.0 Å². The molecule has 2 rings (SSSR count). The molecule has 0 saturated heterocycles. The number of hydrogen-bond donors (Lipinski definition) is 1. The second-order valence-corrected chi connectivity index (χ2v) is 5.00. The Morgan fingerprint density at radius 1 is 1.37 bits per heavy atom. The van der Waals surface area contributed by atoms with Crippen LogP contribution in [0.25, 0.3) is 11.0 Å². The first-order chi connectivity index (χ1) is 8.95. The van der Waals surface area contributed by atoms with E-state index >= 15 is 0 Å². The van der Waals surface area contributed by atoms with Gasteiger partial charge in [-0.1, -0.05) is 13.8 Å². The van der Waals surface area contributed by atoms with E-state index in [1.54, 1.807) is 6.20 Å². The van der Waals surface area contributed by atoms with Crippen LogP contribution < -0.4 is 11.2 Å². The van der Waals surface area contributed by atoms with E-state index in [9.17, 15) is 9.59 Å². The van der Waals surface area contributed by atoms with Gasteiger partial charge in [0.2, 0.25) is 0 Å². The summed E-state index contributed by atoms with van der Waals surface area (Å²) in [5.41, 5.74) is -0.333. The molecule has 0 bridgehead atoms. The molecule has 0 atom stereocenters. The van der Waals surface area contributed by atoms with Crippen LogP contribution in [0.1, 0.15) is 13.8 Å². The number of nitrogens with zero attached hydrogens (tertiary/aromatic N) is 4. The van der Waals surface area contributed by atoms with Crippen LogP contribution in [0, 0.1) is 5.92 Å². The van der Waals surface area contributed by atoms with Gasteiger partial charge in [-0.15, -0.1) is 0 Å². The monoisotopic (exact) mass is 266 g/mol. The summed E-state index contributed by atoms with van der Waals surface area (Å²) in [5, 5.41) is 13.5. The number of fused-ring (bicyclic) bond motifs is 1. The highest BCUT2D eigenvalue weighted by molar-refractivity contribution is 5.73. The predicted molar refractivity (Wildman–Crippen MR) is 71.2 cm³/mol. The number of aromatic nitrogens is 4. The molecule has 0 amide bonds. The zero-order valence-electron chi connectivity index (χ0n) is 11.3. The molecule has 0 fully saturated rings. The second kappa shape index (κ2) is 5.00. The molecule has 1 N–H and O–H groups in total. The lowest BCUT2D eigenvalue weighted by molar-refractivity contribution is 0.269. The fourth-order valence-electron chi connectivity index (χ4n) is 2.05. The van der Waals surface area contributed by atoms with Crippen LogP contribution in [-0.4, -0.2) is 30.6 Å². The van der Waals surface area contributed by atoms with Gasteiger partial charge in [-0.05, 0) is 5.92 Å². The number of hydrogen-bond acceptors (Lipinski definition) is 4. The summed E-state index contributed by atoms with van der Waals surface area (Å²) >= 11 is 0. The lowest BCUT2D eigenvalue weighted by Gasteiger charge is -2.10. The van der Waals surface area contributed by atoms with Crippen molar-refractivity contribution in [3.05, 3.63) is 27.0 Å². The second-order valence-electron chi connectivity index (χ2n) is 5.00. The van der Waals surface area contributed by atoms with E-state index in [1.807, 2.05) is 13.8 Å². The van der Waals surface area contributed by atoms with Crippen molar-refractivity contribution in [3.8, 4) is 0 Å². The van der Waals surface area contributed by atoms with Crippen LogP contribution >= 0.6 is 0 Å². The fourth-order valence-corrected chi connectivity index (χ4v) is 2.05. The van der Waals surface area contributed by atoms with Crippen LogP contribution in [-0.2, 0) is 20.1 Å². The van der Waals surface area contributed by atoms with Gasteiger partial charge in [-0.2, -0.15) is 5.10 Å². The summed E-state index contributed by atoms with van der Waals surface area (Å²) in [6.45, 7) is 4.72. The average molecular weight is 266 g/mol. The molecule has 0 aliphatic carbocycles. The lowest BCUT2D eigenvalue weighted by atomic mass is 10.2. The third kappa shape index (κ3) is 2.33. The zero-order valence-corrected chi connectivity index (χ0v) is 11.3. The molecule has 2 aromatic heterocycles.